The van der Waals surface area contributed by atoms with E-state index in [1.807, 2.05) is 20.8 Å². The molecule has 0 aliphatic carbocycles. The maximum atomic E-state index is 11.0. The summed E-state index contributed by atoms with van der Waals surface area (Å²) in [5, 5.41) is 9.69. The zero-order chi connectivity index (χ0) is 10.5. The average Bonchev–Trinajstić information content (AvgIpc) is 1.81. The van der Waals surface area contributed by atoms with Crippen molar-refractivity contribution in [2.45, 2.75) is 39.7 Å². The Kier molecular flexibility index (Phi) is 4.45. The van der Waals surface area contributed by atoms with E-state index in [-0.39, 0.29) is 0 Å². The number of carbonyl (C=O) groups excluding carboxylic acids is 1. The molecule has 2 N–H and O–H groups in total. The number of hydrogen-bond acceptors (Lipinski definition) is 3. The van der Waals surface area contributed by atoms with E-state index in [9.17, 15) is 4.79 Å². The van der Waals surface area contributed by atoms with E-state index in [1.54, 1.807) is 6.92 Å². The van der Waals surface area contributed by atoms with Crippen LogP contribution in [0.4, 0.5) is 4.79 Å². The molecule has 4 nitrogen and oxygen atoms in total. The van der Waals surface area contributed by atoms with Gasteiger partial charge in [0.05, 0.1) is 0 Å². The van der Waals surface area contributed by atoms with Crippen molar-refractivity contribution in [2.24, 2.45) is 0 Å². The molecule has 0 spiro atoms. The van der Waals surface area contributed by atoms with Gasteiger partial charge in [0.25, 0.3) is 0 Å². The van der Waals surface area contributed by atoms with Crippen molar-refractivity contribution in [3.8, 4) is 0 Å². The molecule has 0 aromatic heterocycles. The monoisotopic (exact) mass is 186 g/mol. The Morgan fingerprint density at radius 1 is 1.46 bits per heavy atom. The molecule has 1 amide bonds. The molecule has 0 saturated heterocycles. The predicted molar refractivity (Wildman–Crippen MR) is 52.3 cm³/mol. The topological polar surface area (TPSA) is 62.2 Å². The first kappa shape index (κ1) is 11.9. The molecule has 0 aliphatic heterocycles. The molecular weight excluding hydrogens is 168 g/mol. The average molecular weight is 186 g/mol. The quantitative estimate of drug-likeness (QED) is 0.661. The van der Waals surface area contributed by atoms with E-state index >= 15 is 0 Å². The van der Waals surface area contributed by atoms with Gasteiger partial charge < -0.3 is 15.5 Å². The van der Waals surface area contributed by atoms with E-state index in [0.29, 0.717) is 18.7 Å². The molecule has 0 radical (unpaired) electrons. The maximum absolute atomic E-state index is 11.0. The lowest BCUT2D eigenvalue weighted by atomic mass is 10.2. The molecule has 0 aromatic rings. The summed E-state index contributed by atoms with van der Waals surface area (Å²) in [6.07, 6.45) is 0.146. The molecule has 4 heteroatoms. The zero-order valence-electron chi connectivity index (χ0n) is 8.73. The van der Waals surface area contributed by atoms with Gasteiger partial charge in [-0.3, -0.25) is 0 Å². The molecule has 0 aromatic carbocycles. The van der Waals surface area contributed by atoms with Gasteiger partial charge in [-0.2, -0.15) is 0 Å². The normalized spacial score (nSPS) is 10.8. The Labute approximate surface area is 79.2 Å². The maximum Gasteiger partial charge on any atom is 0.407 e. The minimum Gasteiger partial charge on any atom is -0.444 e. The molecule has 0 atom stereocenters. The van der Waals surface area contributed by atoms with E-state index in [1.165, 1.54) is 0 Å². The van der Waals surface area contributed by atoms with Gasteiger partial charge in [-0.15, -0.1) is 0 Å². The van der Waals surface area contributed by atoms with Crippen molar-refractivity contribution < 1.29 is 9.53 Å². The number of nitrogens with one attached hydrogen (secondary N) is 2. The van der Waals surface area contributed by atoms with Crippen LogP contribution in [0.3, 0.4) is 0 Å². The Hall–Kier alpha value is -1.06. The minimum absolute atomic E-state index is 0.422. The van der Waals surface area contributed by atoms with Gasteiger partial charge in [0.2, 0.25) is 0 Å². The van der Waals surface area contributed by atoms with Crippen LogP contribution in [-0.4, -0.2) is 24.0 Å². The van der Waals surface area contributed by atoms with Crippen molar-refractivity contribution in [1.29, 1.82) is 5.41 Å². The van der Waals surface area contributed by atoms with Gasteiger partial charge in [0, 0.05) is 18.7 Å². The summed E-state index contributed by atoms with van der Waals surface area (Å²) in [6.45, 7) is 7.61. The zero-order valence-corrected chi connectivity index (χ0v) is 8.73. The highest BCUT2D eigenvalue weighted by Crippen LogP contribution is 2.06. The van der Waals surface area contributed by atoms with Crippen LogP contribution in [0.2, 0.25) is 0 Å². The molecule has 0 heterocycles. The summed E-state index contributed by atoms with van der Waals surface area (Å²) < 4.78 is 5.00. The first-order chi connectivity index (χ1) is 5.81. The highest BCUT2D eigenvalue weighted by molar-refractivity contribution is 5.79. The Bertz CT molecular complexity index is 194. The number of alkyl carbamates (subject to hydrolysis) is 1. The standard InChI is InChI=1S/C9H18N2O2/c1-7(10)5-6-11-8(12)13-9(2,3)4/h10H,5-6H2,1-4H3,(H,11,12). The molecule has 0 rings (SSSR count). The first-order valence-electron chi connectivity index (χ1n) is 4.32. The second kappa shape index (κ2) is 4.84. The first-order valence-corrected chi connectivity index (χ1v) is 4.32. The van der Waals surface area contributed by atoms with E-state index < -0.39 is 11.7 Å². The second-order valence-corrected chi connectivity index (χ2v) is 3.96. The lowest BCUT2D eigenvalue weighted by Gasteiger charge is -2.19. The third-order valence-corrected chi connectivity index (χ3v) is 1.17. The van der Waals surface area contributed by atoms with Crippen molar-refractivity contribution in [1.82, 2.24) is 5.32 Å². The van der Waals surface area contributed by atoms with Crippen LogP contribution in [0.25, 0.3) is 0 Å². The third-order valence-electron chi connectivity index (χ3n) is 1.17. The summed E-state index contributed by atoms with van der Waals surface area (Å²) in [6, 6.07) is 0. The van der Waals surface area contributed by atoms with Gasteiger partial charge in [-0.1, -0.05) is 0 Å². The fraction of sp³-hybridized carbons (Fsp3) is 0.778. The summed E-state index contributed by atoms with van der Waals surface area (Å²) >= 11 is 0. The Morgan fingerprint density at radius 3 is 2.38 bits per heavy atom. The number of rotatable bonds is 3. The van der Waals surface area contributed by atoms with E-state index in [2.05, 4.69) is 5.32 Å². The highest BCUT2D eigenvalue weighted by Gasteiger charge is 2.15. The van der Waals surface area contributed by atoms with Crippen LogP contribution in [0.15, 0.2) is 0 Å². The van der Waals surface area contributed by atoms with Crippen molar-refractivity contribution in [2.75, 3.05) is 6.54 Å². The third kappa shape index (κ3) is 8.85. The summed E-state index contributed by atoms with van der Waals surface area (Å²) in [5.41, 5.74) is 0.0973. The fourth-order valence-corrected chi connectivity index (χ4v) is 0.666. The van der Waals surface area contributed by atoms with Gasteiger partial charge >= 0.3 is 6.09 Å². The van der Waals surface area contributed by atoms with Crippen LogP contribution in [0.5, 0.6) is 0 Å². The van der Waals surface area contributed by atoms with Crippen LogP contribution >= 0.6 is 0 Å². The van der Waals surface area contributed by atoms with Crippen LogP contribution in [0, 0.1) is 5.41 Å². The minimum atomic E-state index is -0.455. The number of hydrogen-bond donors (Lipinski definition) is 2. The van der Waals surface area contributed by atoms with Gasteiger partial charge in [0.15, 0.2) is 0 Å². The SMILES string of the molecule is CC(=N)CCNC(=O)OC(C)(C)C. The second-order valence-electron chi connectivity index (χ2n) is 3.96. The van der Waals surface area contributed by atoms with Gasteiger partial charge in [-0.05, 0) is 27.7 Å². The smallest absolute Gasteiger partial charge is 0.407 e. The molecule has 76 valence electrons. The fourth-order valence-electron chi connectivity index (χ4n) is 0.666. The van der Waals surface area contributed by atoms with E-state index in [4.69, 9.17) is 10.1 Å². The van der Waals surface area contributed by atoms with Gasteiger partial charge in [-0.25, -0.2) is 4.79 Å². The lowest BCUT2D eigenvalue weighted by Crippen LogP contribution is -2.33. The summed E-state index contributed by atoms with van der Waals surface area (Å²) in [4.78, 5) is 11.0. The summed E-state index contributed by atoms with van der Waals surface area (Å²) in [7, 11) is 0. The highest BCUT2D eigenvalue weighted by atomic mass is 16.6. The summed E-state index contributed by atoms with van der Waals surface area (Å²) in [5.74, 6) is 0. The molecule has 0 aliphatic rings. The Morgan fingerprint density at radius 2 is 2.00 bits per heavy atom. The predicted octanol–water partition coefficient (Wildman–Crippen LogP) is 1.94. The van der Waals surface area contributed by atoms with Crippen LogP contribution in [0.1, 0.15) is 34.1 Å². The van der Waals surface area contributed by atoms with E-state index in [0.717, 1.165) is 0 Å². The van der Waals surface area contributed by atoms with Crippen LogP contribution < -0.4 is 5.32 Å². The number of ether oxygens (including phenoxy) is 1. The molecule has 0 saturated carbocycles. The van der Waals surface area contributed by atoms with Gasteiger partial charge in [0.1, 0.15) is 5.60 Å². The van der Waals surface area contributed by atoms with Crippen LogP contribution in [-0.2, 0) is 4.74 Å². The van der Waals surface area contributed by atoms with Crippen molar-refractivity contribution in [3.63, 3.8) is 0 Å². The lowest BCUT2D eigenvalue weighted by molar-refractivity contribution is 0.0529. The largest absolute Gasteiger partial charge is 0.444 e. The molecule has 0 fully saturated rings. The Balaban J connectivity index is 3.59. The van der Waals surface area contributed by atoms with Crippen molar-refractivity contribution in [3.05, 3.63) is 0 Å². The number of amides is 1. The molecule has 0 bridgehead atoms. The number of carbonyl (C=O) groups is 1. The van der Waals surface area contributed by atoms with Crippen molar-refractivity contribution >= 4 is 11.8 Å². The molecule has 13 heavy (non-hydrogen) atoms. The molecular formula is C9H18N2O2. The molecule has 0 unspecified atom stereocenters.